The summed E-state index contributed by atoms with van der Waals surface area (Å²) in [5.74, 6) is -1.98. The van der Waals surface area contributed by atoms with E-state index in [0.717, 1.165) is 4.90 Å². The second kappa shape index (κ2) is 11.4. The zero-order valence-electron chi connectivity index (χ0n) is 19.9. The number of benzene rings is 3. The third-order valence-electron chi connectivity index (χ3n) is 5.42. The molecule has 0 bridgehead atoms. The maximum absolute atomic E-state index is 13.1. The number of anilines is 1. The van der Waals surface area contributed by atoms with Crippen LogP contribution in [0.25, 0.3) is 6.08 Å². The quantitative estimate of drug-likeness (QED) is 0.284. The van der Waals surface area contributed by atoms with E-state index in [2.05, 4.69) is 5.32 Å². The number of imide groups is 2. The summed E-state index contributed by atoms with van der Waals surface area (Å²) in [6.07, 6.45) is 1.28. The van der Waals surface area contributed by atoms with Crippen LogP contribution in [-0.4, -0.2) is 35.5 Å². The molecule has 0 aliphatic carbocycles. The lowest BCUT2D eigenvalue weighted by Gasteiger charge is -2.26. The highest BCUT2D eigenvalue weighted by molar-refractivity contribution is 6.40. The topological polar surface area (TPSA) is 122 Å². The molecular formula is C27H20Cl2N2O7. The Bertz CT molecular complexity index is 1430. The largest absolute Gasteiger partial charge is 0.494 e. The number of barbiturate groups is 1. The van der Waals surface area contributed by atoms with Crippen LogP contribution >= 0.6 is 23.2 Å². The number of urea groups is 1. The van der Waals surface area contributed by atoms with Crippen molar-refractivity contribution < 1.29 is 33.8 Å². The molecule has 3 aromatic carbocycles. The van der Waals surface area contributed by atoms with Crippen LogP contribution in [0.2, 0.25) is 10.0 Å². The minimum Gasteiger partial charge on any atom is -0.494 e. The number of amides is 4. The van der Waals surface area contributed by atoms with Crippen molar-refractivity contribution in [2.24, 2.45) is 0 Å². The van der Waals surface area contributed by atoms with Crippen molar-refractivity contribution in [2.45, 2.75) is 13.5 Å². The van der Waals surface area contributed by atoms with E-state index in [-0.39, 0.29) is 39.2 Å². The third kappa shape index (κ3) is 5.80. The smallest absolute Gasteiger partial charge is 0.335 e. The van der Waals surface area contributed by atoms with E-state index in [4.69, 9.17) is 37.8 Å². The summed E-state index contributed by atoms with van der Waals surface area (Å²) in [4.78, 5) is 49.9. The van der Waals surface area contributed by atoms with Crippen LogP contribution in [0, 0.1) is 0 Å². The van der Waals surface area contributed by atoms with Gasteiger partial charge >= 0.3 is 12.0 Å². The predicted molar refractivity (Wildman–Crippen MR) is 141 cm³/mol. The van der Waals surface area contributed by atoms with Crippen molar-refractivity contribution in [3.8, 4) is 11.5 Å². The van der Waals surface area contributed by atoms with Crippen LogP contribution in [0.15, 0.2) is 66.2 Å². The molecule has 0 atom stereocenters. The fourth-order valence-corrected chi connectivity index (χ4v) is 4.23. The van der Waals surface area contributed by atoms with E-state index in [9.17, 15) is 19.2 Å². The Hall–Kier alpha value is -4.34. The number of nitrogens with one attached hydrogen (secondary N) is 1. The Balaban J connectivity index is 1.55. The molecule has 1 fully saturated rings. The number of carbonyl (C=O) groups excluding carboxylic acids is 3. The lowest BCUT2D eigenvalue weighted by atomic mass is 10.1. The standard InChI is InChI=1S/C27H20Cl2N2O7/c1-2-37-19-9-7-18(8-10-19)31-25(33)20(24(32)30-27(31)36)11-16-12-21(28)23(22(29)13-16)38-14-15-3-5-17(6-4-15)26(34)35/h3-13H,2,14H2,1H3,(H,34,35)(H,30,32,36). The molecular weight excluding hydrogens is 535 g/mol. The van der Waals surface area contributed by atoms with Crippen molar-refractivity contribution in [1.29, 1.82) is 0 Å². The van der Waals surface area contributed by atoms with Crippen LogP contribution < -0.4 is 19.7 Å². The van der Waals surface area contributed by atoms with Crippen molar-refractivity contribution in [2.75, 3.05) is 11.5 Å². The highest BCUT2D eigenvalue weighted by atomic mass is 35.5. The number of carbonyl (C=O) groups is 4. The summed E-state index contributed by atoms with van der Waals surface area (Å²) in [5.41, 5.74) is 1.13. The second-order valence-corrected chi connectivity index (χ2v) is 8.80. The van der Waals surface area contributed by atoms with Crippen LogP contribution in [-0.2, 0) is 16.2 Å². The minimum atomic E-state index is -1.04. The average Bonchev–Trinajstić information content (AvgIpc) is 2.87. The Kier molecular flexibility index (Phi) is 7.99. The van der Waals surface area contributed by atoms with Crippen molar-refractivity contribution >= 4 is 58.8 Å². The minimum absolute atomic E-state index is 0.0693. The Morgan fingerprint density at radius 3 is 2.18 bits per heavy atom. The highest BCUT2D eigenvalue weighted by Crippen LogP contribution is 2.36. The predicted octanol–water partition coefficient (Wildman–Crippen LogP) is 5.34. The summed E-state index contributed by atoms with van der Waals surface area (Å²) in [5, 5.41) is 11.4. The van der Waals surface area contributed by atoms with Crippen LogP contribution in [0.4, 0.5) is 10.5 Å². The number of hydrogen-bond acceptors (Lipinski definition) is 6. The Morgan fingerprint density at radius 1 is 0.974 bits per heavy atom. The molecule has 4 rings (SSSR count). The average molecular weight is 555 g/mol. The summed E-state index contributed by atoms with van der Waals surface area (Å²) in [7, 11) is 0. The second-order valence-electron chi connectivity index (χ2n) is 7.99. The maximum Gasteiger partial charge on any atom is 0.335 e. The molecule has 0 saturated carbocycles. The van der Waals surface area contributed by atoms with Gasteiger partial charge in [-0.05, 0) is 72.7 Å². The van der Waals surface area contributed by atoms with Crippen LogP contribution in [0.5, 0.6) is 11.5 Å². The molecule has 9 nitrogen and oxygen atoms in total. The first kappa shape index (κ1) is 26.7. The molecule has 0 aromatic heterocycles. The highest BCUT2D eigenvalue weighted by Gasteiger charge is 2.36. The molecule has 0 radical (unpaired) electrons. The van der Waals surface area contributed by atoms with Gasteiger partial charge in [0.05, 0.1) is 27.9 Å². The zero-order chi connectivity index (χ0) is 27.4. The summed E-state index contributed by atoms with van der Waals surface area (Å²) in [6.45, 7) is 2.36. The van der Waals surface area contributed by atoms with Gasteiger partial charge in [0, 0.05) is 0 Å². The van der Waals surface area contributed by atoms with Crippen molar-refractivity contribution in [1.82, 2.24) is 5.32 Å². The van der Waals surface area contributed by atoms with Gasteiger partial charge in [-0.2, -0.15) is 0 Å². The van der Waals surface area contributed by atoms with E-state index >= 15 is 0 Å². The molecule has 1 aliphatic heterocycles. The number of ether oxygens (including phenoxy) is 2. The SMILES string of the molecule is CCOc1ccc(N2C(=O)NC(=O)C(=Cc3cc(Cl)c(OCc4ccc(C(=O)O)cc4)c(Cl)c3)C2=O)cc1. The normalized spacial score (nSPS) is 14.4. The lowest BCUT2D eigenvalue weighted by Crippen LogP contribution is -2.54. The molecule has 0 spiro atoms. The van der Waals surface area contributed by atoms with Crippen LogP contribution in [0.3, 0.4) is 0 Å². The summed E-state index contributed by atoms with van der Waals surface area (Å²) < 4.78 is 11.1. The lowest BCUT2D eigenvalue weighted by molar-refractivity contribution is -0.122. The molecule has 1 aliphatic rings. The zero-order valence-corrected chi connectivity index (χ0v) is 21.4. The van der Waals surface area contributed by atoms with Gasteiger partial charge in [0.2, 0.25) is 0 Å². The number of carboxylic acid groups (broad SMARTS) is 1. The van der Waals surface area contributed by atoms with E-state index in [1.807, 2.05) is 6.92 Å². The fraction of sp³-hybridized carbons (Fsp3) is 0.111. The molecule has 4 amide bonds. The van der Waals surface area contributed by atoms with E-state index in [0.29, 0.717) is 23.5 Å². The number of nitrogens with zero attached hydrogens (tertiary/aromatic N) is 1. The van der Waals surface area contributed by atoms with Gasteiger partial charge in [-0.25, -0.2) is 14.5 Å². The number of carboxylic acids is 1. The molecule has 1 saturated heterocycles. The van der Waals surface area contributed by atoms with Gasteiger partial charge in [0.25, 0.3) is 11.8 Å². The monoisotopic (exact) mass is 554 g/mol. The fourth-order valence-electron chi connectivity index (χ4n) is 3.62. The summed E-state index contributed by atoms with van der Waals surface area (Å²) in [6, 6.07) is 14.4. The molecule has 1 heterocycles. The number of rotatable bonds is 8. The van der Waals surface area contributed by atoms with Gasteiger partial charge in [0.15, 0.2) is 5.75 Å². The first-order chi connectivity index (χ1) is 18.2. The Morgan fingerprint density at radius 2 is 1.61 bits per heavy atom. The van der Waals surface area contributed by atoms with E-state index in [1.165, 1.54) is 42.5 Å². The van der Waals surface area contributed by atoms with Crippen molar-refractivity contribution in [3.63, 3.8) is 0 Å². The van der Waals surface area contributed by atoms with Gasteiger partial charge in [-0.1, -0.05) is 35.3 Å². The Labute approximate surface area is 227 Å². The molecule has 11 heteroatoms. The third-order valence-corrected chi connectivity index (χ3v) is 5.98. The van der Waals surface area contributed by atoms with Gasteiger partial charge in [-0.3, -0.25) is 14.9 Å². The first-order valence-electron chi connectivity index (χ1n) is 11.3. The summed E-state index contributed by atoms with van der Waals surface area (Å²) >= 11 is 12.7. The molecule has 194 valence electrons. The van der Waals surface area contributed by atoms with Crippen molar-refractivity contribution in [3.05, 3.63) is 93.0 Å². The van der Waals surface area contributed by atoms with Gasteiger partial charge in [-0.15, -0.1) is 0 Å². The first-order valence-corrected chi connectivity index (χ1v) is 12.0. The number of aromatic carboxylic acids is 1. The molecule has 3 aromatic rings. The molecule has 2 N–H and O–H groups in total. The maximum atomic E-state index is 13.1. The van der Waals surface area contributed by atoms with Gasteiger partial charge in [0.1, 0.15) is 17.9 Å². The number of hydrogen-bond donors (Lipinski definition) is 2. The van der Waals surface area contributed by atoms with E-state index in [1.54, 1.807) is 24.3 Å². The van der Waals surface area contributed by atoms with Crippen LogP contribution in [0.1, 0.15) is 28.4 Å². The number of halogens is 2. The molecule has 0 unspecified atom stereocenters. The van der Waals surface area contributed by atoms with Gasteiger partial charge < -0.3 is 14.6 Å². The van der Waals surface area contributed by atoms with E-state index < -0.39 is 23.8 Å². The molecule has 38 heavy (non-hydrogen) atoms.